The molecule has 0 saturated heterocycles. The maximum absolute atomic E-state index is 11.8. The van der Waals surface area contributed by atoms with Gasteiger partial charge in [-0.05, 0) is 48.2 Å². The Morgan fingerprint density at radius 2 is 1.39 bits per heavy atom. The predicted octanol–water partition coefficient (Wildman–Crippen LogP) is 3.67. The molecule has 0 spiro atoms. The second-order valence-electron chi connectivity index (χ2n) is 5.44. The fraction of sp³-hybridized carbons (Fsp3) is 0.211. The largest absolute Gasteiger partial charge is 0.512 e. The highest BCUT2D eigenvalue weighted by Gasteiger charge is 2.04. The number of hydrogen-bond donors (Lipinski definition) is 3. The van der Waals surface area contributed by atoms with Crippen molar-refractivity contribution in [2.45, 2.75) is 25.7 Å². The van der Waals surface area contributed by atoms with Crippen LogP contribution in [0.3, 0.4) is 0 Å². The zero-order chi connectivity index (χ0) is 16.7. The summed E-state index contributed by atoms with van der Waals surface area (Å²) in [6.45, 7) is 0. The molecule has 0 saturated carbocycles. The Morgan fingerprint density at radius 1 is 0.870 bits per heavy atom. The summed E-state index contributed by atoms with van der Waals surface area (Å²) in [7, 11) is 0. The van der Waals surface area contributed by atoms with E-state index in [1.165, 1.54) is 6.08 Å². The summed E-state index contributed by atoms with van der Waals surface area (Å²) in [6, 6.07) is 13.6. The number of allylic oxidation sites excluding steroid dienone is 2. The van der Waals surface area contributed by atoms with Gasteiger partial charge in [-0.25, -0.2) is 0 Å². The first-order valence-electron chi connectivity index (χ1n) is 7.51. The Balaban J connectivity index is 1.81. The van der Waals surface area contributed by atoms with E-state index >= 15 is 0 Å². The average molecular weight is 312 g/mol. The number of carbonyl (C=O) groups excluding carboxylic acids is 1. The summed E-state index contributed by atoms with van der Waals surface area (Å²) in [4.78, 5) is 11.8. The first kappa shape index (κ1) is 16.6. The van der Waals surface area contributed by atoms with Crippen molar-refractivity contribution >= 4 is 5.78 Å². The molecule has 0 aliphatic heterocycles. The topological polar surface area (TPSA) is 77.8 Å². The SMILES string of the molecule is O=C(/C=C(\O)CCc1cccc(O)c1)CCc1cccc(O)c1. The summed E-state index contributed by atoms with van der Waals surface area (Å²) >= 11 is 0. The lowest BCUT2D eigenvalue weighted by atomic mass is 10.1. The van der Waals surface area contributed by atoms with Crippen LogP contribution >= 0.6 is 0 Å². The van der Waals surface area contributed by atoms with Gasteiger partial charge in [0.15, 0.2) is 5.78 Å². The Bertz CT molecular complexity index is 704. The minimum Gasteiger partial charge on any atom is -0.512 e. The van der Waals surface area contributed by atoms with Crippen LogP contribution in [0.2, 0.25) is 0 Å². The van der Waals surface area contributed by atoms with Crippen LogP contribution in [-0.4, -0.2) is 21.1 Å². The lowest BCUT2D eigenvalue weighted by molar-refractivity contribution is -0.114. The Labute approximate surface area is 135 Å². The second-order valence-corrected chi connectivity index (χ2v) is 5.44. The fourth-order valence-electron chi connectivity index (χ4n) is 2.29. The zero-order valence-electron chi connectivity index (χ0n) is 12.8. The van der Waals surface area contributed by atoms with Crippen LogP contribution in [0.15, 0.2) is 60.4 Å². The van der Waals surface area contributed by atoms with Gasteiger partial charge < -0.3 is 15.3 Å². The molecular formula is C19H20O4. The van der Waals surface area contributed by atoms with Crippen molar-refractivity contribution < 1.29 is 20.1 Å². The van der Waals surface area contributed by atoms with Crippen molar-refractivity contribution in [3.63, 3.8) is 0 Å². The smallest absolute Gasteiger partial charge is 0.159 e. The van der Waals surface area contributed by atoms with Crippen molar-refractivity contribution in [1.29, 1.82) is 0 Å². The van der Waals surface area contributed by atoms with E-state index in [-0.39, 0.29) is 29.5 Å². The van der Waals surface area contributed by atoms with Crippen molar-refractivity contribution in [3.8, 4) is 11.5 Å². The third-order valence-electron chi connectivity index (χ3n) is 3.48. The molecule has 0 bridgehead atoms. The summed E-state index contributed by atoms with van der Waals surface area (Å²) in [5.74, 6) is 0.253. The quantitative estimate of drug-likeness (QED) is 0.538. The molecule has 0 aliphatic rings. The average Bonchev–Trinajstić information content (AvgIpc) is 2.51. The highest BCUT2D eigenvalue weighted by atomic mass is 16.3. The van der Waals surface area contributed by atoms with Gasteiger partial charge in [-0.15, -0.1) is 0 Å². The van der Waals surface area contributed by atoms with E-state index in [2.05, 4.69) is 0 Å². The normalized spacial score (nSPS) is 11.4. The lowest BCUT2D eigenvalue weighted by Crippen LogP contribution is -1.99. The van der Waals surface area contributed by atoms with E-state index in [9.17, 15) is 20.1 Å². The molecule has 2 rings (SSSR count). The predicted molar refractivity (Wildman–Crippen MR) is 88.6 cm³/mol. The molecule has 0 aliphatic carbocycles. The van der Waals surface area contributed by atoms with E-state index in [1.807, 2.05) is 12.1 Å². The van der Waals surface area contributed by atoms with Crippen molar-refractivity contribution in [2.75, 3.05) is 0 Å². The van der Waals surface area contributed by atoms with Gasteiger partial charge >= 0.3 is 0 Å². The third kappa shape index (κ3) is 5.87. The first-order valence-corrected chi connectivity index (χ1v) is 7.51. The van der Waals surface area contributed by atoms with Crippen LogP contribution in [0.25, 0.3) is 0 Å². The molecule has 0 amide bonds. The molecule has 0 atom stereocenters. The number of aryl methyl sites for hydroxylation is 2. The Hall–Kier alpha value is -2.75. The second kappa shape index (κ2) is 8.03. The number of benzene rings is 2. The van der Waals surface area contributed by atoms with Gasteiger partial charge in [-0.2, -0.15) is 0 Å². The number of ketones is 1. The first-order chi connectivity index (χ1) is 11.0. The molecule has 4 heteroatoms. The molecule has 3 N–H and O–H groups in total. The molecule has 120 valence electrons. The summed E-state index contributed by atoms with van der Waals surface area (Å²) in [6.07, 6.45) is 2.95. The Kier molecular flexibility index (Phi) is 5.80. The maximum Gasteiger partial charge on any atom is 0.159 e. The van der Waals surface area contributed by atoms with Gasteiger partial charge in [0.2, 0.25) is 0 Å². The molecule has 0 fully saturated rings. The van der Waals surface area contributed by atoms with Crippen LogP contribution < -0.4 is 0 Å². The minimum atomic E-state index is -0.151. The molecule has 2 aromatic carbocycles. The van der Waals surface area contributed by atoms with Crippen LogP contribution in [0.1, 0.15) is 24.0 Å². The molecule has 2 aromatic rings. The minimum absolute atomic E-state index is 0.0363. The number of aliphatic hydroxyl groups excluding tert-OH is 1. The maximum atomic E-state index is 11.8. The van der Waals surface area contributed by atoms with E-state index in [0.29, 0.717) is 19.3 Å². The molecule has 4 nitrogen and oxygen atoms in total. The number of aliphatic hydroxyl groups is 1. The highest BCUT2D eigenvalue weighted by Crippen LogP contribution is 2.15. The summed E-state index contributed by atoms with van der Waals surface area (Å²) in [5.41, 5.74) is 1.78. The number of hydrogen-bond acceptors (Lipinski definition) is 4. The molecule has 0 radical (unpaired) electrons. The van der Waals surface area contributed by atoms with Crippen molar-refractivity contribution in [1.82, 2.24) is 0 Å². The number of carbonyl (C=O) groups is 1. The van der Waals surface area contributed by atoms with Crippen LogP contribution in [0.5, 0.6) is 11.5 Å². The number of rotatable bonds is 7. The van der Waals surface area contributed by atoms with Crippen molar-refractivity contribution in [2.24, 2.45) is 0 Å². The number of phenols is 2. The van der Waals surface area contributed by atoms with Gasteiger partial charge in [-0.3, -0.25) is 4.79 Å². The molecular weight excluding hydrogens is 292 g/mol. The third-order valence-corrected chi connectivity index (χ3v) is 3.48. The van der Waals surface area contributed by atoms with Gasteiger partial charge in [0.25, 0.3) is 0 Å². The fourth-order valence-corrected chi connectivity index (χ4v) is 2.29. The van der Waals surface area contributed by atoms with E-state index in [0.717, 1.165) is 11.1 Å². The van der Waals surface area contributed by atoms with E-state index < -0.39 is 0 Å². The number of aromatic hydroxyl groups is 2. The zero-order valence-corrected chi connectivity index (χ0v) is 12.8. The van der Waals surface area contributed by atoms with Crippen LogP contribution in [0, 0.1) is 0 Å². The summed E-state index contributed by atoms with van der Waals surface area (Å²) < 4.78 is 0. The van der Waals surface area contributed by atoms with Crippen LogP contribution in [-0.2, 0) is 17.6 Å². The standard InChI is InChI=1S/C19H20O4/c20-16-5-1-3-14(11-16)7-9-18(22)13-19(23)10-8-15-4-2-6-17(21)12-15/h1-6,11-13,20-22H,7-10H2/b18-13-. The van der Waals surface area contributed by atoms with Crippen LogP contribution in [0.4, 0.5) is 0 Å². The number of phenolic OH excluding ortho intramolecular Hbond substituents is 2. The van der Waals surface area contributed by atoms with Gasteiger partial charge in [0, 0.05) is 18.9 Å². The molecule has 0 heterocycles. The molecule has 0 aromatic heterocycles. The molecule has 0 unspecified atom stereocenters. The van der Waals surface area contributed by atoms with E-state index in [1.54, 1.807) is 36.4 Å². The lowest BCUT2D eigenvalue weighted by Gasteiger charge is -2.03. The molecule has 23 heavy (non-hydrogen) atoms. The van der Waals surface area contributed by atoms with Gasteiger partial charge in [-0.1, -0.05) is 24.3 Å². The van der Waals surface area contributed by atoms with E-state index in [4.69, 9.17) is 0 Å². The highest BCUT2D eigenvalue weighted by molar-refractivity contribution is 5.90. The monoisotopic (exact) mass is 312 g/mol. The van der Waals surface area contributed by atoms with Crippen molar-refractivity contribution in [3.05, 3.63) is 71.5 Å². The van der Waals surface area contributed by atoms with Gasteiger partial charge in [0.05, 0.1) is 5.76 Å². The summed E-state index contributed by atoms with van der Waals surface area (Å²) in [5, 5.41) is 28.6. The van der Waals surface area contributed by atoms with Gasteiger partial charge in [0.1, 0.15) is 11.5 Å². The Morgan fingerprint density at radius 3 is 1.91 bits per heavy atom.